The van der Waals surface area contributed by atoms with Crippen LogP contribution in [0.4, 0.5) is 4.79 Å². The van der Waals surface area contributed by atoms with Crippen LogP contribution in [-0.4, -0.2) is 54.0 Å². The number of carbonyl (C=O) groups excluding carboxylic acids is 1. The number of hydrogen-bond acceptors (Lipinski definition) is 4. The maximum absolute atomic E-state index is 12.0. The number of amides is 1. The Morgan fingerprint density at radius 2 is 1.91 bits per heavy atom. The van der Waals surface area contributed by atoms with E-state index in [1.54, 1.807) is 0 Å². The van der Waals surface area contributed by atoms with Crippen LogP contribution in [0.1, 0.15) is 53.9 Å². The Kier molecular flexibility index (Phi) is 7.63. The van der Waals surface area contributed by atoms with Crippen molar-refractivity contribution in [2.45, 2.75) is 65.5 Å². The molecule has 0 aromatic carbocycles. The van der Waals surface area contributed by atoms with Gasteiger partial charge in [0.2, 0.25) is 0 Å². The van der Waals surface area contributed by atoms with Gasteiger partial charge in [-0.2, -0.15) is 0 Å². The van der Waals surface area contributed by atoms with E-state index < -0.39 is 5.60 Å². The molecule has 22 heavy (non-hydrogen) atoms. The largest absolute Gasteiger partial charge is 0.444 e. The summed E-state index contributed by atoms with van der Waals surface area (Å²) in [6, 6.07) is 0.369. The lowest BCUT2D eigenvalue weighted by Crippen LogP contribution is -2.45. The first kappa shape index (κ1) is 19.2. The van der Waals surface area contributed by atoms with E-state index in [1.807, 2.05) is 25.7 Å². The molecule has 0 aromatic heterocycles. The van der Waals surface area contributed by atoms with E-state index in [0.29, 0.717) is 17.9 Å². The molecule has 0 aliphatic carbocycles. The van der Waals surface area contributed by atoms with Gasteiger partial charge in [0.25, 0.3) is 0 Å². The van der Waals surface area contributed by atoms with Crippen LogP contribution in [0.25, 0.3) is 0 Å². The van der Waals surface area contributed by atoms with Gasteiger partial charge < -0.3 is 20.1 Å². The zero-order chi connectivity index (χ0) is 16.8. The lowest BCUT2D eigenvalue weighted by molar-refractivity contribution is 0.0182. The summed E-state index contributed by atoms with van der Waals surface area (Å²) in [5.41, 5.74) is -0.426. The molecule has 1 aliphatic rings. The zero-order valence-corrected chi connectivity index (χ0v) is 14.9. The first-order valence-electron chi connectivity index (χ1n) is 8.55. The molecule has 0 spiro atoms. The van der Waals surface area contributed by atoms with Gasteiger partial charge in [-0.25, -0.2) is 4.79 Å². The third-order valence-corrected chi connectivity index (χ3v) is 4.18. The number of piperidine rings is 1. The molecular weight excluding hydrogens is 280 g/mol. The molecule has 5 nitrogen and oxygen atoms in total. The van der Waals surface area contributed by atoms with E-state index in [4.69, 9.17) is 9.84 Å². The van der Waals surface area contributed by atoms with Crippen molar-refractivity contribution in [3.63, 3.8) is 0 Å². The van der Waals surface area contributed by atoms with Crippen LogP contribution in [0.2, 0.25) is 0 Å². The van der Waals surface area contributed by atoms with Gasteiger partial charge in [0.1, 0.15) is 5.60 Å². The van der Waals surface area contributed by atoms with Gasteiger partial charge in [-0.1, -0.05) is 13.8 Å². The maximum atomic E-state index is 12.0. The topological polar surface area (TPSA) is 61.8 Å². The summed E-state index contributed by atoms with van der Waals surface area (Å²) in [6.07, 6.45) is 2.63. The smallest absolute Gasteiger partial charge is 0.410 e. The van der Waals surface area contributed by atoms with Gasteiger partial charge in [0.05, 0.1) is 0 Å². The minimum Gasteiger partial charge on any atom is -0.444 e. The predicted molar refractivity (Wildman–Crippen MR) is 88.9 cm³/mol. The Morgan fingerprint density at radius 3 is 2.36 bits per heavy atom. The van der Waals surface area contributed by atoms with E-state index in [1.165, 1.54) is 0 Å². The van der Waals surface area contributed by atoms with Crippen molar-refractivity contribution in [1.82, 2.24) is 10.2 Å². The Bertz CT molecular complexity index is 331. The first-order valence-corrected chi connectivity index (χ1v) is 8.55. The molecule has 0 radical (unpaired) electrons. The van der Waals surface area contributed by atoms with Crippen molar-refractivity contribution >= 4 is 6.09 Å². The molecule has 5 heteroatoms. The van der Waals surface area contributed by atoms with Crippen LogP contribution in [0, 0.1) is 11.8 Å². The second kappa shape index (κ2) is 8.73. The van der Waals surface area contributed by atoms with Crippen molar-refractivity contribution in [2.75, 3.05) is 26.2 Å². The number of rotatable bonds is 6. The third kappa shape index (κ3) is 6.97. The van der Waals surface area contributed by atoms with Crippen molar-refractivity contribution in [3.8, 4) is 0 Å². The van der Waals surface area contributed by atoms with Crippen molar-refractivity contribution in [3.05, 3.63) is 0 Å². The quantitative estimate of drug-likeness (QED) is 0.791. The number of ether oxygens (including phenoxy) is 1. The molecule has 0 aromatic rings. The molecule has 1 amide bonds. The number of carbonyl (C=O) groups is 1. The van der Waals surface area contributed by atoms with E-state index in [-0.39, 0.29) is 12.7 Å². The predicted octanol–water partition coefficient (Wildman–Crippen LogP) is 2.63. The van der Waals surface area contributed by atoms with Crippen molar-refractivity contribution < 1.29 is 14.6 Å². The molecule has 0 saturated carbocycles. The Labute approximate surface area is 135 Å². The molecule has 1 aliphatic heterocycles. The summed E-state index contributed by atoms with van der Waals surface area (Å²) in [7, 11) is 0. The average Bonchev–Trinajstić information content (AvgIpc) is 2.41. The first-order chi connectivity index (χ1) is 10.2. The summed E-state index contributed by atoms with van der Waals surface area (Å²) < 4.78 is 5.42. The normalized spacial score (nSPS) is 18.6. The fourth-order valence-corrected chi connectivity index (χ4v) is 2.77. The minimum atomic E-state index is -0.426. The molecule has 0 bridgehead atoms. The maximum Gasteiger partial charge on any atom is 0.410 e. The molecular formula is C17H34N2O3. The standard InChI is InChI=1S/C17H34N2O3/c1-13(2)15(8-11-20)18-12-14-6-9-19(10-7-14)16(21)22-17(3,4)5/h13-15,18,20H,6-12H2,1-5H3. The van der Waals surface area contributed by atoms with E-state index in [2.05, 4.69) is 19.2 Å². The van der Waals surface area contributed by atoms with Crippen molar-refractivity contribution in [2.24, 2.45) is 11.8 Å². The van der Waals surface area contributed by atoms with Crippen LogP contribution in [-0.2, 0) is 4.74 Å². The summed E-state index contributed by atoms with van der Waals surface area (Å²) in [6.45, 7) is 12.8. The number of aliphatic hydroxyl groups excluding tert-OH is 1. The van der Waals surface area contributed by atoms with Crippen LogP contribution in [0.15, 0.2) is 0 Å². The molecule has 130 valence electrons. The lowest BCUT2D eigenvalue weighted by Gasteiger charge is -2.34. The van der Waals surface area contributed by atoms with Gasteiger partial charge in [-0.3, -0.25) is 0 Å². The number of nitrogens with one attached hydrogen (secondary N) is 1. The number of likely N-dealkylation sites (tertiary alicyclic amines) is 1. The van der Waals surface area contributed by atoms with Gasteiger partial charge in [0, 0.05) is 25.7 Å². The Morgan fingerprint density at radius 1 is 1.32 bits per heavy atom. The minimum absolute atomic E-state index is 0.195. The van der Waals surface area contributed by atoms with Crippen LogP contribution in [0.3, 0.4) is 0 Å². The van der Waals surface area contributed by atoms with Gasteiger partial charge in [-0.05, 0) is 58.4 Å². The SMILES string of the molecule is CC(C)C(CCO)NCC1CCN(C(=O)OC(C)(C)C)CC1. The van der Waals surface area contributed by atoms with Gasteiger partial charge in [-0.15, -0.1) is 0 Å². The van der Waals surface area contributed by atoms with E-state index >= 15 is 0 Å². The van der Waals surface area contributed by atoms with E-state index in [9.17, 15) is 4.79 Å². The average molecular weight is 314 g/mol. The highest BCUT2D eigenvalue weighted by atomic mass is 16.6. The van der Waals surface area contributed by atoms with Crippen LogP contribution >= 0.6 is 0 Å². The Balaban J connectivity index is 2.32. The zero-order valence-electron chi connectivity index (χ0n) is 14.9. The molecule has 1 fully saturated rings. The number of aliphatic hydroxyl groups is 1. The highest BCUT2D eigenvalue weighted by molar-refractivity contribution is 5.68. The monoisotopic (exact) mass is 314 g/mol. The van der Waals surface area contributed by atoms with Crippen LogP contribution < -0.4 is 5.32 Å². The van der Waals surface area contributed by atoms with Gasteiger partial charge in [0.15, 0.2) is 0 Å². The summed E-state index contributed by atoms with van der Waals surface area (Å²) in [5, 5.41) is 12.7. The summed E-state index contributed by atoms with van der Waals surface area (Å²) in [5.74, 6) is 1.12. The number of hydrogen-bond donors (Lipinski definition) is 2. The highest BCUT2D eigenvalue weighted by Crippen LogP contribution is 2.19. The van der Waals surface area contributed by atoms with Gasteiger partial charge >= 0.3 is 6.09 Å². The molecule has 1 heterocycles. The Hall–Kier alpha value is -0.810. The molecule has 1 saturated heterocycles. The van der Waals surface area contributed by atoms with Crippen LogP contribution in [0.5, 0.6) is 0 Å². The molecule has 2 N–H and O–H groups in total. The fraction of sp³-hybridized carbons (Fsp3) is 0.941. The fourth-order valence-electron chi connectivity index (χ4n) is 2.77. The van der Waals surface area contributed by atoms with E-state index in [0.717, 1.165) is 38.9 Å². The molecule has 1 unspecified atom stereocenters. The second-order valence-electron chi connectivity index (χ2n) is 7.68. The molecule has 1 rings (SSSR count). The summed E-state index contributed by atoms with van der Waals surface area (Å²) in [4.78, 5) is 13.8. The lowest BCUT2D eigenvalue weighted by atomic mass is 9.95. The second-order valence-corrected chi connectivity index (χ2v) is 7.68. The highest BCUT2D eigenvalue weighted by Gasteiger charge is 2.27. The van der Waals surface area contributed by atoms with Crippen molar-refractivity contribution in [1.29, 1.82) is 0 Å². The molecule has 1 atom stereocenters. The number of nitrogens with zero attached hydrogens (tertiary/aromatic N) is 1. The third-order valence-electron chi connectivity index (χ3n) is 4.18. The summed E-state index contributed by atoms with van der Waals surface area (Å²) >= 11 is 0.